The zero-order valence-electron chi connectivity index (χ0n) is 8.49. The van der Waals surface area contributed by atoms with E-state index in [1.54, 1.807) is 0 Å². The Bertz CT molecular complexity index is 345. The summed E-state index contributed by atoms with van der Waals surface area (Å²) in [4.78, 5) is 11.7. The van der Waals surface area contributed by atoms with E-state index in [4.69, 9.17) is 4.74 Å². The molecule has 14 heavy (non-hydrogen) atoms. The maximum atomic E-state index is 11.7. The molecule has 1 aromatic rings. The Labute approximate surface area is 83.9 Å². The molecule has 74 valence electrons. The third kappa shape index (κ3) is 1.14. The summed E-state index contributed by atoms with van der Waals surface area (Å²) in [6.45, 7) is 2.09. The first-order valence-electron chi connectivity index (χ1n) is 4.86. The first-order valence-corrected chi connectivity index (χ1v) is 4.86. The number of benzene rings is 1. The van der Waals surface area contributed by atoms with E-state index in [0.29, 0.717) is 5.92 Å². The van der Waals surface area contributed by atoms with Crippen LogP contribution in [0.2, 0.25) is 0 Å². The van der Waals surface area contributed by atoms with Crippen molar-refractivity contribution >= 4 is 5.97 Å². The van der Waals surface area contributed by atoms with E-state index in [1.807, 2.05) is 30.3 Å². The normalized spacial score (nSPS) is 29.7. The second-order valence-corrected chi connectivity index (χ2v) is 3.93. The predicted octanol–water partition coefficient (Wildman–Crippen LogP) is 2.14. The van der Waals surface area contributed by atoms with Crippen LogP contribution in [-0.4, -0.2) is 13.1 Å². The van der Waals surface area contributed by atoms with Crippen molar-refractivity contribution in [1.82, 2.24) is 0 Å². The Balaban J connectivity index is 2.36. The van der Waals surface area contributed by atoms with Crippen molar-refractivity contribution in [3.8, 4) is 0 Å². The summed E-state index contributed by atoms with van der Waals surface area (Å²) < 4.78 is 4.86. The quantitative estimate of drug-likeness (QED) is 0.668. The molecule has 2 heteroatoms. The van der Waals surface area contributed by atoms with Crippen LogP contribution >= 0.6 is 0 Å². The van der Waals surface area contributed by atoms with Gasteiger partial charge in [-0.1, -0.05) is 37.3 Å². The fraction of sp³-hybridized carbons (Fsp3) is 0.417. The van der Waals surface area contributed by atoms with Crippen LogP contribution in [0, 0.1) is 5.92 Å². The summed E-state index contributed by atoms with van der Waals surface area (Å²) in [6.07, 6.45) is 0.906. The highest BCUT2D eigenvalue weighted by molar-refractivity contribution is 5.87. The molecule has 0 amide bonds. The molecule has 0 bridgehead atoms. The van der Waals surface area contributed by atoms with Crippen LogP contribution in [0.5, 0.6) is 0 Å². The molecule has 2 nitrogen and oxygen atoms in total. The highest BCUT2D eigenvalue weighted by Gasteiger charge is 2.59. The van der Waals surface area contributed by atoms with Crippen LogP contribution < -0.4 is 0 Å². The fourth-order valence-electron chi connectivity index (χ4n) is 2.15. The van der Waals surface area contributed by atoms with E-state index >= 15 is 0 Å². The number of hydrogen-bond donors (Lipinski definition) is 0. The molecule has 1 fully saturated rings. The number of hydrogen-bond acceptors (Lipinski definition) is 2. The van der Waals surface area contributed by atoms with Crippen LogP contribution in [0.15, 0.2) is 30.3 Å². The smallest absolute Gasteiger partial charge is 0.316 e. The van der Waals surface area contributed by atoms with E-state index in [9.17, 15) is 4.79 Å². The SMILES string of the molecule is COC(=O)[C@@]1(c2ccccc2)C[C@H]1C. The Morgan fingerprint density at radius 2 is 2.00 bits per heavy atom. The molecule has 1 saturated carbocycles. The molecule has 0 heterocycles. The van der Waals surface area contributed by atoms with Crippen LogP contribution in [0.3, 0.4) is 0 Å². The van der Waals surface area contributed by atoms with Crippen molar-refractivity contribution < 1.29 is 9.53 Å². The predicted molar refractivity (Wildman–Crippen MR) is 53.9 cm³/mol. The lowest BCUT2D eigenvalue weighted by atomic mass is 9.94. The monoisotopic (exact) mass is 190 g/mol. The molecule has 0 unspecified atom stereocenters. The Morgan fingerprint density at radius 3 is 2.43 bits per heavy atom. The van der Waals surface area contributed by atoms with Gasteiger partial charge in [0, 0.05) is 0 Å². The summed E-state index contributed by atoms with van der Waals surface area (Å²) in [5, 5.41) is 0. The zero-order chi connectivity index (χ0) is 10.2. The van der Waals surface area contributed by atoms with Gasteiger partial charge in [-0.05, 0) is 17.9 Å². The van der Waals surface area contributed by atoms with Gasteiger partial charge in [0.25, 0.3) is 0 Å². The van der Waals surface area contributed by atoms with Crippen molar-refractivity contribution in [3.63, 3.8) is 0 Å². The molecule has 2 atom stereocenters. The molecule has 0 spiro atoms. The number of methoxy groups -OCH3 is 1. The highest BCUT2D eigenvalue weighted by Crippen LogP contribution is 2.54. The molecule has 0 radical (unpaired) electrons. The van der Waals surface area contributed by atoms with Gasteiger partial charge < -0.3 is 4.74 Å². The lowest BCUT2D eigenvalue weighted by Gasteiger charge is -2.13. The largest absolute Gasteiger partial charge is 0.468 e. The molecule has 1 aliphatic rings. The van der Waals surface area contributed by atoms with Gasteiger partial charge in [-0.3, -0.25) is 4.79 Å². The third-order valence-electron chi connectivity index (χ3n) is 3.15. The van der Waals surface area contributed by atoms with Crippen molar-refractivity contribution in [2.45, 2.75) is 18.8 Å². The molecular weight excluding hydrogens is 176 g/mol. The lowest BCUT2D eigenvalue weighted by molar-refractivity contribution is -0.144. The van der Waals surface area contributed by atoms with Crippen LogP contribution in [0.1, 0.15) is 18.9 Å². The van der Waals surface area contributed by atoms with E-state index in [1.165, 1.54) is 7.11 Å². The molecule has 1 aromatic carbocycles. The zero-order valence-corrected chi connectivity index (χ0v) is 8.49. The molecule has 2 rings (SSSR count). The van der Waals surface area contributed by atoms with Crippen LogP contribution in [0.4, 0.5) is 0 Å². The maximum absolute atomic E-state index is 11.7. The van der Waals surface area contributed by atoms with Gasteiger partial charge in [-0.15, -0.1) is 0 Å². The second kappa shape index (κ2) is 3.12. The van der Waals surface area contributed by atoms with Gasteiger partial charge >= 0.3 is 5.97 Å². The van der Waals surface area contributed by atoms with Crippen LogP contribution in [-0.2, 0) is 14.9 Å². The number of carbonyl (C=O) groups is 1. The summed E-state index contributed by atoms with van der Waals surface area (Å²) in [7, 11) is 1.46. The molecule has 0 saturated heterocycles. The average Bonchev–Trinajstić information content (AvgIpc) is 2.92. The van der Waals surface area contributed by atoms with Gasteiger partial charge in [0.1, 0.15) is 0 Å². The van der Waals surface area contributed by atoms with Crippen molar-refractivity contribution in [1.29, 1.82) is 0 Å². The Hall–Kier alpha value is -1.31. The van der Waals surface area contributed by atoms with Gasteiger partial charge in [0.15, 0.2) is 0 Å². The number of ether oxygens (including phenoxy) is 1. The summed E-state index contributed by atoms with van der Waals surface area (Å²) >= 11 is 0. The highest BCUT2D eigenvalue weighted by atomic mass is 16.5. The van der Waals surface area contributed by atoms with Gasteiger partial charge in [0.05, 0.1) is 12.5 Å². The minimum atomic E-state index is -0.351. The first kappa shape index (κ1) is 9.25. The summed E-state index contributed by atoms with van der Waals surface area (Å²) in [5.74, 6) is 0.300. The third-order valence-corrected chi connectivity index (χ3v) is 3.15. The fourth-order valence-corrected chi connectivity index (χ4v) is 2.15. The minimum absolute atomic E-state index is 0.101. The molecule has 0 N–H and O–H groups in total. The van der Waals surface area contributed by atoms with E-state index in [2.05, 4.69) is 6.92 Å². The molecule has 0 aliphatic heterocycles. The average molecular weight is 190 g/mol. The minimum Gasteiger partial charge on any atom is -0.468 e. The van der Waals surface area contributed by atoms with Crippen molar-refractivity contribution in [2.75, 3.05) is 7.11 Å². The molecule has 1 aliphatic carbocycles. The lowest BCUT2D eigenvalue weighted by Crippen LogP contribution is -2.23. The van der Waals surface area contributed by atoms with E-state index < -0.39 is 0 Å². The van der Waals surface area contributed by atoms with Gasteiger partial charge in [-0.2, -0.15) is 0 Å². The summed E-state index contributed by atoms with van der Waals surface area (Å²) in [6, 6.07) is 9.89. The standard InChI is InChI=1S/C12H14O2/c1-9-8-12(9,11(13)14-2)10-6-4-3-5-7-10/h3-7,9H,8H2,1-2H3/t9-,12+/m1/s1. The first-order chi connectivity index (χ1) is 6.71. The number of rotatable bonds is 2. The van der Waals surface area contributed by atoms with Crippen LogP contribution in [0.25, 0.3) is 0 Å². The van der Waals surface area contributed by atoms with E-state index in [0.717, 1.165) is 12.0 Å². The molecular formula is C12H14O2. The van der Waals surface area contributed by atoms with Gasteiger partial charge in [0.2, 0.25) is 0 Å². The van der Waals surface area contributed by atoms with Crippen molar-refractivity contribution in [3.05, 3.63) is 35.9 Å². The number of carbonyl (C=O) groups excluding carboxylic acids is 1. The maximum Gasteiger partial charge on any atom is 0.316 e. The Morgan fingerprint density at radius 1 is 1.43 bits per heavy atom. The molecule has 0 aromatic heterocycles. The van der Waals surface area contributed by atoms with E-state index in [-0.39, 0.29) is 11.4 Å². The second-order valence-electron chi connectivity index (χ2n) is 3.93. The Kier molecular flexibility index (Phi) is 2.06. The summed E-state index contributed by atoms with van der Waals surface area (Å²) in [5.41, 5.74) is 0.732. The van der Waals surface area contributed by atoms with Gasteiger partial charge in [-0.25, -0.2) is 0 Å². The number of esters is 1. The topological polar surface area (TPSA) is 26.3 Å². The van der Waals surface area contributed by atoms with Crippen molar-refractivity contribution in [2.24, 2.45) is 5.92 Å².